The zero-order valence-corrected chi connectivity index (χ0v) is 10.3. The van der Waals surface area contributed by atoms with Gasteiger partial charge in [-0.3, -0.25) is 4.79 Å². The molecule has 0 fully saturated rings. The highest BCUT2D eigenvalue weighted by Gasteiger charge is 2.13. The van der Waals surface area contributed by atoms with E-state index in [9.17, 15) is 9.59 Å². The summed E-state index contributed by atoms with van der Waals surface area (Å²) in [5.74, 6) is -1.24. The highest BCUT2D eigenvalue weighted by atomic mass is 35.5. The third-order valence-electron chi connectivity index (χ3n) is 2.17. The van der Waals surface area contributed by atoms with E-state index in [-0.39, 0.29) is 21.4 Å². The Kier molecular flexibility index (Phi) is 3.36. The van der Waals surface area contributed by atoms with Crippen LogP contribution in [0, 0.1) is 0 Å². The number of nitrogens with zero attached hydrogens (tertiary/aromatic N) is 2. The molecule has 1 aromatic carbocycles. The van der Waals surface area contributed by atoms with Crippen LogP contribution in [0.3, 0.4) is 0 Å². The van der Waals surface area contributed by atoms with Crippen molar-refractivity contribution in [3.05, 3.63) is 56.4 Å². The first-order chi connectivity index (χ1) is 8.50. The van der Waals surface area contributed by atoms with Crippen molar-refractivity contribution in [3.8, 4) is 5.69 Å². The summed E-state index contributed by atoms with van der Waals surface area (Å²) in [5, 5.41) is 13.0. The van der Waals surface area contributed by atoms with E-state index in [4.69, 9.17) is 28.3 Å². The molecule has 0 spiro atoms. The van der Waals surface area contributed by atoms with Crippen LogP contribution in [-0.4, -0.2) is 20.9 Å². The van der Waals surface area contributed by atoms with Crippen LogP contribution in [0.2, 0.25) is 10.0 Å². The Bertz CT molecular complexity index is 662. The number of carboxylic acids is 1. The molecule has 2 rings (SSSR count). The van der Waals surface area contributed by atoms with Crippen LogP contribution in [0.25, 0.3) is 5.69 Å². The van der Waals surface area contributed by atoms with Crippen molar-refractivity contribution in [2.75, 3.05) is 0 Å². The number of carboxylic acid groups (broad SMARTS) is 1. The molecule has 0 unspecified atom stereocenters. The van der Waals surface area contributed by atoms with Crippen LogP contribution < -0.4 is 5.56 Å². The molecule has 0 atom stereocenters. The Morgan fingerprint density at radius 1 is 1.17 bits per heavy atom. The van der Waals surface area contributed by atoms with Gasteiger partial charge in [0.1, 0.15) is 5.69 Å². The van der Waals surface area contributed by atoms with Gasteiger partial charge < -0.3 is 5.11 Å². The average molecular weight is 285 g/mol. The third-order valence-corrected chi connectivity index (χ3v) is 2.78. The second kappa shape index (κ2) is 4.80. The van der Waals surface area contributed by atoms with Crippen LogP contribution >= 0.6 is 23.2 Å². The summed E-state index contributed by atoms with van der Waals surface area (Å²) in [6.07, 6.45) is 0. The molecule has 92 valence electrons. The molecule has 0 aliphatic heterocycles. The molecule has 0 saturated carbocycles. The Labute approximate surface area is 111 Å². The monoisotopic (exact) mass is 284 g/mol. The summed E-state index contributed by atoms with van der Waals surface area (Å²) in [5.41, 5.74) is -0.630. The van der Waals surface area contributed by atoms with E-state index in [1.54, 1.807) is 6.07 Å². The van der Waals surface area contributed by atoms with Crippen molar-refractivity contribution in [1.82, 2.24) is 9.78 Å². The van der Waals surface area contributed by atoms with Gasteiger partial charge in [-0.2, -0.15) is 9.78 Å². The van der Waals surface area contributed by atoms with E-state index >= 15 is 0 Å². The van der Waals surface area contributed by atoms with Crippen molar-refractivity contribution >= 4 is 29.2 Å². The standard InChI is InChI=1S/C11H6Cl2N2O3/c12-6-2-1-3-7(13)10(6)15-9(16)5-4-8(14-15)11(17)18/h1-5H,(H,17,18). The molecule has 0 aliphatic rings. The van der Waals surface area contributed by atoms with Gasteiger partial charge in [-0.15, -0.1) is 0 Å². The maximum atomic E-state index is 11.7. The molecular formula is C11H6Cl2N2O3. The van der Waals surface area contributed by atoms with Crippen molar-refractivity contribution in [2.45, 2.75) is 0 Å². The minimum atomic E-state index is -1.24. The maximum Gasteiger partial charge on any atom is 0.356 e. The van der Waals surface area contributed by atoms with Crippen molar-refractivity contribution in [3.63, 3.8) is 0 Å². The highest BCUT2D eigenvalue weighted by Crippen LogP contribution is 2.26. The molecule has 0 radical (unpaired) electrons. The lowest BCUT2D eigenvalue weighted by Crippen LogP contribution is -2.23. The first kappa shape index (κ1) is 12.6. The number of aromatic carboxylic acids is 1. The lowest BCUT2D eigenvalue weighted by atomic mass is 10.3. The van der Waals surface area contributed by atoms with Crippen LogP contribution in [0.1, 0.15) is 10.5 Å². The largest absolute Gasteiger partial charge is 0.476 e. The van der Waals surface area contributed by atoms with Crippen LogP contribution in [0.15, 0.2) is 35.1 Å². The molecule has 0 saturated heterocycles. The second-order valence-electron chi connectivity index (χ2n) is 3.34. The number of para-hydroxylation sites is 1. The summed E-state index contributed by atoms with van der Waals surface area (Å²) >= 11 is 11.9. The molecule has 0 amide bonds. The molecule has 2 aromatic rings. The van der Waals surface area contributed by atoms with Gasteiger partial charge in [0.25, 0.3) is 5.56 Å². The Balaban J connectivity index is 2.75. The summed E-state index contributed by atoms with van der Waals surface area (Å²) in [6, 6.07) is 6.89. The van der Waals surface area contributed by atoms with E-state index in [2.05, 4.69) is 5.10 Å². The van der Waals surface area contributed by atoms with Crippen LogP contribution in [-0.2, 0) is 0 Å². The first-order valence-corrected chi connectivity index (χ1v) is 5.54. The third kappa shape index (κ3) is 2.23. The van der Waals surface area contributed by atoms with Gasteiger partial charge in [0.05, 0.1) is 10.0 Å². The number of hydrogen-bond acceptors (Lipinski definition) is 3. The topological polar surface area (TPSA) is 72.2 Å². The Morgan fingerprint density at radius 3 is 2.33 bits per heavy atom. The fraction of sp³-hybridized carbons (Fsp3) is 0. The number of carbonyl (C=O) groups is 1. The number of hydrogen-bond donors (Lipinski definition) is 1. The van der Waals surface area contributed by atoms with E-state index in [0.717, 1.165) is 16.8 Å². The van der Waals surface area contributed by atoms with Crippen LogP contribution in [0.5, 0.6) is 0 Å². The molecule has 0 bridgehead atoms. The molecule has 1 aromatic heterocycles. The summed E-state index contributed by atoms with van der Waals surface area (Å²) in [7, 11) is 0. The fourth-order valence-corrected chi connectivity index (χ4v) is 1.93. The van der Waals surface area contributed by atoms with E-state index in [0.29, 0.717) is 0 Å². The molecule has 18 heavy (non-hydrogen) atoms. The van der Waals surface area contributed by atoms with E-state index in [1.165, 1.54) is 12.1 Å². The highest BCUT2D eigenvalue weighted by molar-refractivity contribution is 6.37. The van der Waals surface area contributed by atoms with Gasteiger partial charge in [-0.1, -0.05) is 29.3 Å². The van der Waals surface area contributed by atoms with E-state index < -0.39 is 11.5 Å². The van der Waals surface area contributed by atoms with Gasteiger partial charge in [-0.05, 0) is 18.2 Å². The Morgan fingerprint density at radius 2 is 1.78 bits per heavy atom. The molecule has 5 nitrogen and oxygen atoms in total. The van der Waals surface area contributed by atoms with E-state index in [1.807, 2.05) is 0 Å². The summed E-state index contributed by atoms with van der Waals surface area (Å²) in [6.45, 7) is 0. The van der Waals surface area contributed by atoms with Crippen LogP contribution in [0.4, 0.5) is 0 Å². The minimum absolute atomic E-state index is 0.161. The zero-order valence-electron chi connectivity index (χ0n) is 8.80. The van der Waals surface area contributed by atoms with Gasteiger partial charge in [0, 0.05) is 6.07 Å². The lowest BCUT2D eigenvalue weighted by molar-refractivity contribution is 0.0688. The number of halogens is 2. The second-order valence-corrected chi connectivity index (χ2v) is 4.16. The number of benzene rings is 1. The quantitative estimate of drug-likeness (QED) is 0.918. The minimum Gasteiger partial charge on any atom is -0.476 e. The predicted octanol–water partition coefficient (Wildman–Crippen LogP) is 2.24. The molecule has 1 heterocycles. The summed E-state index contributed by atoms with van der Waals surface area (Å²) < 4.78 is 0.869. The number of aromatic nitrogens is 2. The smallest absolute Gasteiger partial charge is 0.356 e. The fourth-order valence-electron chi connectivity index (χ4n) is 1.38. The number of rotatable bonds is 2. The average Bonchev–Trinajstić information content (AvgIpc) is 2.30. The van der Waals surface area contributed by atoms with Gasteiger partial charge >= 0.3 is 5.97 Å². The van der Waals surface area contributed by atoms with Crippen molar-refractivity contribution in [1.29, 1.82) is 0 Å². The van der Waals surface area contributed by atoms with Gasteiger partial charge in [0.15, 0.2) is 5.69 Å². The maximum absolute atomic E-state index is 11.7. The molecule has 0 aliphatic carbocycles. The Hall–Kier alpha value is -1.85. The van der Waals surface area contributed by atoms with Crippen molar-refractivity contribution in [2.24, 2.45) is 0 Å². The normalized spacial score (nSPS) is 10.3. The lowest BCUT2D eigenvalue weighted by Gasteiger charge is -2.08. The first-order valence-electron chi connectivity index (χ1n) is 4.79. The van der Waals surface area contributed by atoms with Gasteiger partial charge in [0.2, 0.25) is 0 Å². The molecule has 7 heteroatoms. The predicted molar refractivity (Wildman–Crippen MR) is 66.8 cm³/mol. The van der Waals surface area contributed by atoms with Gasteiger partial charge in [-0.25, -0.2) is 4.79 Å². The SMILES string of the molecule is O=C(O)c1ccc(=O)n(-c2c(Cl)cccc2Cl)n1. The zero-order chi connectivity index (χ0) is 13.3. The molecule has 1 N–H and O–H groups in total. The van der Waals surface area contributed by atoms with Crippen molar-refractivity contribution < 1.29 is 9.90 Å². The summed E-state index contributed by atoms with van der Waals surface area (Å²) in [4.78, 5) is 22.5. The molecular weight excluding hydrogens is 279 g/mol.